The van der Waals surface area contributed by atoms with Crippen LogP contribution in [0.5, 0.6) is 0 Å². The van der Waals surface area contributed by atoms with Gasteiger partial charge in [0.15, 0.2) is 0 Å². The van der Waals surface area contributed by atoms with E-state index in [9.17, 15) is 8.78 Å². The number of alkyl halides is 2. The second-order valence-corrected chi connectivity index (χ2v) is 2.85. The van der Waals surface area contributed by atoms with Gasteiger partial charge in [-0.2, -0.15) is 5.26 Å². The van der Waals surface area contributed by atoms with Crippen molar-refractivity contribution in [2.75, 3.05) is 5.73 Å². The zero-order chi connectivity index (χ0) is 10.7. The number of aromatic nitrogens is 1. The fourth-order valence-corrected chi connectivity index (χ4v) is 1.14. The van der Waals surface area contributed by atoms with Crippen LogP contribution in [0.2, 0.25) is 0 Å². The van der Waals surface area contributed by atoms with Crippen molar-refractivity contribution in [2.45, 2.75) is 19.8 Å². The summed E-state index contributed by atoms with van der Waals surface area (Å²) in [4.78, 5) is 3.77. The number of halogens is 2. The van der Waals surface area contributed by atoms with Crippen LogP contribution in [0.1, 0.15) is 23.2 Å². The Morgan fingerprint density at radius 3 is 2.79 bits per heavy atom. The number of pyridine rings is 1. The predicted molar refractivity (Wildman–Crippen MR) is 47.7 cm³/mol. The van der Waals surface area contributed by atoms with E-state index < -0.39 is 6.43 Å². The van der Waals surface area contributed by atoms with Gasteiger partial charge in [-0.25, -0.2) is 8.78 Å². The Balaban J connectivity index is 3.31. The molecule has 3 nitrogen and oxygen atoms in total. The summed E-state index contributed by atoms with van der Waals surface area (Å²) < 4.78 is 25.1. The van der Waals surface area contributed by atoms with E-state index in [0.717, 1.165) is 0 Å². The highest BCUT2D eigenvalue weighted by molar-refractivity contribution is 5.55. The Kier molecular flexibility index (Phi) is 2.97. The van der Waals surface area contributed by atoms with Gasteiger partial charge in [0, 0.05) is 11.9 Å². The number of aryl methyl sites for hydroxylation is 1. The molecule has 5 heteroatoms. The zero-order valence-electron chi connectivity index (χ0n) is 7.59. The lowest BCUT2D eigenvalue weighted by Crippen LogP contribution is -2.05. The third kappa shape index (κ3) is 1.79. The SMILES string of the molecule is Cc1cnc(CC#N)c(C(F)F)c1N. The molecule has 0 radical (unpaired) electrons. The third-order valence-corrected chi connectivity index (χ3v) is 1.90. The van der Waals surface area contributed by atoms with Crippen molar-refractivity contribution >= 4 is 5.69 Å². The van der Waals surface area contributed by atoms with Crippen LogP contribution in [0, 0.1) is 18.3 Å². The minimum atomic E-state index is -2.69. The highest BCUT2D eigenvalue weighted by Gasteiger charge is 2.18. The van der Waals surface area contributed by atoms with E-state index in [4.69, 9.17) is 11.0 Å². The molecule has 1 aromatic heterocycles. The number of hydrogen-bond donors (Lipinski definition) is 1. The van der Waals surface area contributed by atoms with Gasteiger partial charge in [-0.1, -0.05) is 0 Å². The summed E-state index contributed by atoms with van der Waals surface area (Å²) in [5.74, 6) is 0. The van der Waals surface area contributed by atoms with Gasteiger partial charge in [0.2, 0.25) is 0 Å². The van der Waals surface area contributed by atoms with Gasteiger partial charge in [0.25, 0.3) is 6.43 Å². The molecule has 0 bridgehead atoms. The average molecular weight is 197 g/mol. The van der Waals surface area contributed by atoms with Crippen LogP contribution >= 0.6 is 0 Å². The van der Waals surface area contributed by atoms with Gasteiger partial charge in [-0.15, -0.1) is 0 Å². The second kappa shape index (κ2) is 4.01. The molecule has 1 aromatic rings. The Labute approximate surface area is 80.2 Å². The molecule has 1 heterocycles. The van der Waals surface area contributed by atoms with Crippen LogP contribution < -0.4 is 5.73 Å². The minimum Gasteiger partial charge on any atom is -0.398 e. The largest absolute Gasteiger partial charge is 0.398 e. The van der Waals surface area contributed by atoms with E-state index in [-0.39, 0.29) is 23.4 Å². The first-order chi connectivity index (χ1) is 6.57. The van der Waals surface area contributed by atoms with Crippen molar-refractivity contribution < 1.29 is 8.78 Å². The zero-order valence-corrected chi connectivity index (χ0v) is 7.59. The summed E-state index contributed by atoms with van der Waals surface area (Å²) in [5, 5.41) is 8.41. The predicted octanol–water partition coefficient (Wildman–Crippen LogP) is 1.98. The first-order valence-electron chi connectivity index (χ1n) is 3.96. The Hall–Kier alpha value is -1.70. The lowest BCUT2D eigenvalue weighted by Gasteiger charge is -2.10. The van der Waals surface area contributed by atoms with E-state index in [0.29, 0.717) is 5.56 Å². The molecule has 0 saturated carbocycles. The third-order valence-electron chi connectivity index (χ3n) is 1.90. The van der Waals surface area contributed by atoms with E-state index in [1.165, 1.54) is 6.20 Å². The van der Waals surface area contributed by atoms with Gasteiger partial charge < -0.3 is 5.73 Å². The van der Waals surface area contributed by atoms with E-state index in [2.05, 4.69) is 4.98 Å². The molecular weight excluding hydrogens is 188 g/mol. The van der Waals surface area contributed by atoms with Crippen LogP contribution in [0.3, 0.4) is 0 Å². The molecular formula is C9H9F2N3. The summed E-state index contributed by atoms with van der Waals surface area (Å²) in [6, 6.07) is 1.77. The van der Waals surface area contributed by atoms with Crippen LogP contribution in [-0.2, 0) is 6.42 Å². The fraction of sp³-hybridized carbons (Fsp3) is 0.333. The van der Waals surface area contributed by atoms with Gasteiger partial charge in [0.05, 0.1) is 23.7 Å². The summed E-state index contributed by atoms with van der Waals surface area (Å²) in [5.41, 5.74) is 5.76. The Bertz CT molecular complexity index is 382. The monoisotopic (exact) mass is 197 g/mol. The van der Waals surface area contributed by atoms with Crippen molar-refractivity contribution in [3.63, 3.8) is 0 Å². The van der Waals surface area contributed by atoms with Crippen LogP contribution in [0.4, 0.5) is 14.5 Å². The minimum absolute atomic E-state index is 0.0280. The molecule has 0 aromatic carbocycles. The van der Waals surface area contributed by atoms with Gasteiger partial charge in [0.1, 0.15) is 0 Å². The fourth-order valence-electron chi connectivity index (χ4n) is 1.14. The maximum atomic E-state index is 12.6. The summed E-state index contributed by atoms with van der Waals surface area (Å²) in [6.07, 6.45) is -1.44. The quantitative estimate of drug-likeness (QED) is 0.788. The molecule has 0 atom stereocenters. The first kappa shape index (κ1) is 10.4. The summed E-state index contributed by atoms with van der Waals surface area (Å²) >= 11 is 0. The number of anilines is 1. The van der Waals surface area contributed by atoms with E-state index >= 15 is 0 Å². The highest BCUT2D eigenvalue weighted by Crippen LogP contribution is 2.29. The molecule has 0 unspecified atom stereocenters. The topological polar surface area (TPSA) is 62.7 Å². The number of hydrogen-bond acceptors (Lipinski definition) is 3. The van der Waals surface area contributed by atoms with Gasteiger partial charge in [-0.05, 0) is 12.5 Å². The van der Waals surface area contributed by atoms with Crippen molar-refractivity contribution in [3.8, 4) is 6.07 Å². The smallest absolute Gasteiger partial charge is 0.267 e. The first-order valence-corrected chi connectivity index (χ1v) is 3.96. The molecule has 74 valence electrons. The van der Waals surface area contributed by atoms with Crippen molar-refractivity contribution in [1.82, 2.24) is 4.98 Å². The molecule has 0 aliphatic heterocycles. The van der Waals surface area contributed by atoms with Crippen LogP contribution in [-0.4, -0.2) is 4.98 Å². The Morgan fingerprint density at radius 2 is 2.29 bits per heavy atom. The molecule has 0 saturated heterocycles. The summed E-state index contributed by atoms with van der Waals surface area (Å²) in [7, 11) is 0. The second-order valence-electron chi connectivity index (χ2n) is 2.85. The number of nitrogens with two attached hydrogens (primary N) is 1. The maximum Gasteiger partial charge on any atom is 0.267 e. The number of nitrogens with zero attached hydrogens (tertiary/aromatic N) is 2. The lowest BCUT2D eigenvalue weighted by atomic mass is 10.1. The molecule has 0 amide bonds. The molecule has 0 fully saturated rings. The van der Waals surface area contributed by atoms with Crippen molar-refractivity contribution in [2.24, 2.45) is 0 Å². The van der Waals surface area contributed by atoms with E-state index in [1.54, 1.807) is 13.0 Å². The van der Waals surface area contributed by atoms with Crippen LogP contribution in [0.25, 0.3) is 0 Å². The highest BCUT2D eigenvalue weighted by atomic mass is 19.3. The summed E-state index contributed by atoms with van der Waals surface area (Å²) in [6.45, 7) is 1.60. The molecule has 0 spiro atoms. The number of nitrogen functional groups attached to an aromatic ring is 1. The number of nitriles is 1. The van der Waals surface area contributed by atoms with E-state index in [1.807, 2.05) is 0 Å². The van der Waals surface area contributed by atoms with Crippen molar-refractivity contribution in [3.05, 3.63) is 23.0 Å². The lowest BCUT2D eigenvalue weighted by molar-refractivity contribution is 0.150. The molecule has 0 aliphatic rings. The molecule has 1 rings (SSSR count). The molecule has 0 aliphatic carbocycles. The van der Waals surface area contributed by atoms with Gasteiger partial charge in [-0.3, -0.25) is 4.98 Å². The number of rotatable bonds is 2. The van der Waals surface area contributed by atoms with Crippen LogP contribution in [0.15, 0.2) is 6.20 Å². The van der Waals surface area contributed by atoms with Crippen molar-refractivity contribution in [1.29, 1.82) is 5.26 Å². The molecule has 2 N–H and O–H groups in total. The molecule has 14 heavy (non-hydrogen) atoms. The maximum absolute atomic E-state index is 12.6. The van der Waals surface area contributed by atoms with Gasteiger partial charge >= 0.3 is 0 Å². The average Bonchev–Trinajstić information content (AvgIpc) is 2.11. The normalized spacial score (nSPS) is 10.2. The standard InChI is InChI=1S/C9H9F2N3/c1-5-4-14-6(2-3-12)7(8(5)13)9(10)11/h4,9H,2H2,1H3,(H2,13,14). The Morgan fingerprint density at radius 1 is 1.64 bits per heavy atom.